The van der Waals surface area contributed by atoms with Crippen LogP contribution in [0, 0.1) is 0 Å². The lowest BCUT2D eigenvalue weighted by Crippen LogP contribution is -2.41. The van der Waals surface area contributed by atoms with E-state index < -0.39 is 18.3 Å². The molecule has 1 aliphatic rings. The van der Waals surface area contributed by atoms with E-state index in [1.165, 1.54) is 18.7 Å². The van der Waals surface area contributed by atoms with Gasteiger partial charge in [0.2, 0.25) is 5.91 Å². The molecule has 0 aliphatic carbocycles. The monoisotopic (exact) mass is 349 g/mol. The molecule has 0 saturated carbocycles. The number of aromatic nitrogens is 2. The molecule has 0 bridgehead atoms. The molecule has 0 aromatic carbocycles. The molecule has 0 radical (unpaired) electrons. The highest BCUT2D eigenvalue weighted by Gasteiger charge is 2.52. The number of nitrogens with one attached hydrogen (secondary N) is 1. The van der Waals surface area contributed by atoms with Crippen molar-refractivity contribution in [2.75, 3.05) is 12.8 Å². The second-order valence-corrected chi connectivity index (χ2v) is 7.49. The van der Waals surface area contributed by atoms with Gasteiger partial charge in [-0.3, -0.25) is 4.79 Å². The Morgan fingerprint density at radius 3 is 2.25 bits per heavy atom. The number of nitrogens with zero attached hydrogens (tertiary/aromatic N) is 2. The van der Waals surface area contributed by atoms with Gasteiger partial charge >= 0.3 is 7.12 Å². The summed E-state index contributed by atoms with van der Waals surface area (Å²) in [4.78, 5) is 19.8. The molecule has 130 valence electrons. The maximum atomic E-state index is 11.3. The Hall–Kier alpha value is -1.38. The molecule has 1 aromatic heterocycles. The number of hydrogen-bond acceptors (Lipinski definition) is 6. The third kappa shape index (κ3) is 4.37. The van der Waals surface area contributed by atoms with Crippen molar-refractivity contribution >= 4 is 30.9 Å². The lowest BCUT2D eigenvalue weighted by atomic mass is 9.77. The fourth-order valence-corrected chi connectivity index (χ4v) is 2.46. The van der Waals surface area contributed by atoms with Crippen molar-refractivity contribution in [2.45, 2.75) is 51.0 Å². The van der Waals surface area contributed by atoms with E-state index in [0.717, 1.165) is 11.0 Å². The molecule has 2 heterocycles. The van der Waals surface area contributed by atoms with Crippen LogP contribution in [0.2, 0.25) is 0 Å². The first-order chi connectivity index (χ1) is 11.1. The first kappa shape index (κ1) is 19.0. The van der Waals surface area contributed by atoms with Gasteiger partial charge in [-0.2, -0.15) is 0 Å². The largest absolute Gasteiger partial charge is 0.492 e. The Labute approximate surface area is 148 Å². The smallest absolute Gasteiger partial charge is 0.400 e. The minimum Gasteiger partial charge on any atom is -0.400 e. The molecule has 1 aliphatic heterocycles. The first-order valence-corrected chi connectivity index (χ1v) is 9.03. The Bertz CT molecular complexity index is 616. The summed E-state index contributed by atoms with van der Waals surface area (Å²) in [7, 11) is -0.526. The van der Waals surface area contributed by atoms with Gasteiger partial charge in [0, 0.05) is 31.4 Å². The zero-order valence-electron chi connectivity index (χ0n) is 15.0. The van der Waals surface area contributed by atoms with Crippen molar-refractivity contribution in [2.24, 2.45) is 0 Å². The molecular weight excluding hydrogens is 325 g/mol. The van der Waals surface area contributed by atoms with Crippen LogP contribution in [-0.4, -0.2) is 47.0 Å². The summed E-state index contributed by atoms with van der Waals surface area (Å²) >= 11 is 1.49. The number of carbonyl (C=O) groups is 1. The van der Waals surface area contributed by atoms with Crippen LogP contribution < -0.4 is 5.32 Å². The van der Waals surface area contributed by atoms with Gasteiger partial charge in [0.1, 0.15) is 0 Å². The quantitative estimate of drug-likeness (QED) is 0.500. The number of thioether (sulfide) groups is 1. The fraction of sp³-hybridized carbons (Fsp3) is 0.562. The predicted molar refractivity (Wildman–Crippen MR) is 96.6 cm³/mol. The summed E-state index contributed by atoms with van der Waals surface area (Å²) in [5.41, 5.74) is 0.783. The van der Waals surface area contributed by atoms with Gasteiger partial charge in [-0.25, -0.2) is 9.97 Å². The molecular formula is C16H24BN3O3S. The average Bonchev–Trinajstić information content (AvgIpc) is 2.72. The third-order valence-corrected chi connectivity index (χ3v) is 4.86. The molecule has 8 heteroatoms. The molecule has 0 spiro atoms. The second-order valence-electron chi connectivity index (χ2n) is 6.72. The zero-order chi connectivity index (χ0) is 18.0. The van der Waals surface area contributed by atoms with Crippen LogP contribution in [-0.2, 0) is 14.1 Å². The van der Waals surface area contributed by atoms with Crippen LogP contribution >= 0.6 is 11.8 Å². The molecule has 6 nitrogen and oxygen atoms in total. The molecule has 0 unspecified atom stereocenters. The highest BCUT2D eigenvalue weighted by Crippen LogP contribution is 2.38. The summed E-state index contributed by atoms with van der Waals surface area (Å²) in [6, 6.07) is 0. The van der Waals surface area contributed by atoms with Crippen molar-refractivity contribution in [3.8, 4) is 0 Å². The minimum atomic E-state index is -0.526. The minimum absolute atomic E-state index is 0.105. The van der Waals surface area contributed by atoms with Crippen LogP contribution in [0.3, 0.4) is 0 Å². The molecule has 1 aromatic rings. The molecule has 1 N–H and O–H groups in total. The summed E-state index contributed by atoms with van der Waals surface area (Å²) in [5.74, 6) is -0.105. The van der Waals surface area contributed by atoms with Gasteiger partial charge in [-0.05, 0) is 39.4 Å². The number of hydrogen-bond donors (Lipinski definition) is 1. The Morgan fingerprint density at radius 1 is 1.25 bits per heavy atom. The van der Waals surface area contributed by atoms with E-state index in [2.05, 4.69) is 15.3 Å². The van der Waals surface area contributed by atoms with Crippen molar-refractivity contribution < 1.29 is 14.1 Å². The number of amides is 1. The van der Waals surface area contributed by atoms with Crippen LogP contribution in [0.25, 0.3) is 6.08 Å². The van der Waals surface area contributed by atoms with Crippen LogP contribution in [0.4, 0.5) is 0 Å². The second kappa shape index (κ2) is 7.25. The topological polar surface area (TPSA) is 73.3 Å². The van der Waals surface area contributed by atoms with E-state index in [1.54, 1.807) is 12.4 Å². The molecule has 0 atom stereocenters. The highest BCUT2D eigenvalue weighted by molar-refractivity contribution is 7.98. The van der Waals surface area contributed by atoms with E-state index >= 15 is 0 Å². The van der Waals surface area contributed by atoms with Crippen LogP contribution in [0.15, 0.2) is 23.0 Å². The van der Waals surface area contributed by atoms with Crippen LogP contribution in [0.5, 0.6) is 0 Å². The lowest BCUT2D eigenvalue weighted by Gasteiger charge is -2.32. The maximum absolute atomic E-state index is 11.3. The number of rotatable bonds is 5. The molecule has 2 rings (SSSR count). The van der Waals surface area contributed by atoms with Gasteiger partial charge < -0.3 is 14.6 Å². The predicted octanol–water partition coefficient (Wildman–Crippen LogP) is 2.35. The normalized spacial score (nSPS) is 19.4. The molecule has 1 amide bonds. The molecule has 24 heavy (non-hydrogen) atoms. The summed E-state index contributed by atoms with van der Waals surface area (Å²) in [6.07, 6.45) is 7.33. The lowest BCUT2D eigenvalue weighted by molar-refractivity contribution is -0.118. The van der Waals surface area contributed by atoms with E-state index in [9.17, 15) is 4.79 Å². The zero-order valence-corrected chi connectivity index (χ0v) is 15.9. The van der Waals surface area contributed by atoms with Gasteiger partial charge in [-0.15, -0.1) is 0 Å². The van der Waals surface area contributed by atoms with Gasteiger partial charge in [-0.1, -0.05) is 17.8 Å². The summed E-state index contributed by atoms with van der Waals surface area (Å²) in [5, 5.41) is 3.52. The van der Waals surface area contributed by atoms with Crippen molar-refractivity contribution in [3.05, 3.63) is 23.4 Å². The van der Waals surface area contributed by atoms with Crippen molar-refractivity contribution in [1.82, 2.24) is 15.3 Å². The van der Waals surface area contributed by atoms with E-state index in [0.29, 0.717) is 11.7 Å². The Balaban J connectivity index is 2.27. The Morgan fingerprint density at radius 2 is 1.79 bits per heavy atom. The third-order valence-electron chi connectivity index (χ3n) is 4.28. The van der Waals surface area contributed by atoms with Crippen LogP contribution in [0.1, 0.15) is 40.2 Å². The fourth-order valence-electron chi connectivity index (χ4n) is 2.14. The van der Waals surface area contributed by atoms with E-state index in [4.69, 9.17) is 9.31 Å². The SMILES string of the molecule is CSc1ncc(C=C(CNC(C)=O)B2OC(C)(C)C(C)(C)O2)cn1. The Kier molecular flexibility index (Phi) is 5.73. The first-order valence-electron chi connectivity index (χ1n) is 7.81. The van der Waals surface area contributed by atoms with E-state index in [1.807, 2.05) is 40.0 Å². The van der Waals surface area contributed by atoms with Crippen molar-refractivity contribution in [1.29, 1.82) is 0 Å². The summed E-state index contributed by atoms with van der Waals surface area (Å²) in [6.45, 7) is 9.83. The van der Waals surface area contributed by atoms with Gasteiger partial charge in [0.05, 0.1) is 11.2 Å². The summed E-state index contributed by atoms with van der Waals surface area (Å²) < 4.78 is 12.2. The molecule has 1 saturated heterocycles. The maximum Gasteiger partial charge on any atom is 0.492 e. The number of carbonyl (C=O) groups excluding carboxylic acids is 1. The average molecular weight is 349 g/mol. The van der Waals surface area contributed by atoms with Crippen molar-refractivity contribution in [3.63, 3.8) is 0 Å². The van der Waals surface area contributed by atoms with E-state index in [-0.39, 0.29) is 5.91 Å². The van der Waals surface area contributed by atoms with Gasteiger partial charge in [0.25, 0.3) is 0 Å². The highest BCUT2D eigenvalue weighted by atomic mass is 32.2. The van der Waals surface area contributed by atoms with Gasteiger partial charge in [0.15, 0.2) is 5.16 Å². The molecule has 1 fully saturated rings. The standard InChI is InChI=1S/C16H24BN3O3S/c1-11(21)18-10-13(7-12-8-19-14(24-6)20-9-12)17-22-15(2,3)16(4,5)23-17/h7-9H,10H2,1-6H3,(H,18,21).